The molecule has 0 saturated carbocycles. The molecule has 0 spiro atoms. The molecule has 5 heteroatoms. The summed E-state index contributed by atoms with van der Waals surface area (Å²) in [6.45, 7) is 6.23. The quantitative estimate of drug-likeness (QED) is 0.871. The van der Waals surface area contributed by atoms with Crippen LogP contribution in [0.4, 0.5) is 0 Å². The van der Waals surface area contributed by atoms with Crippen molar-refractivity contribution in [3.05, 3.63) is 65.7 Å². The molecule has 0 radical (unpaired) electrons. The van der Waals surface area contributed by atoms with Crippen molar-refractivity contribution in [2.24, 2.45) is 0 Å². The van der Waals surface area contributed by atoms with Crippen LogP contribution in [0.1, 0.15) is 31.9 Å². The lowest BCUT2D eigenvalue weighted by Gasteiger charge is -2.46. The Morgan fingerprint density at radius 2 is 1.81 bits per heavy atom. The summed E-state index contributed by atoms with van der Waals surface area (Å²) in [4.78, 5) is 14.0. The number of nitrogens with zero attached hydrogens (tertiary/aromatic N) is 1. The van der Waals surface area contributed by atoms with Crippen LogP contribution in [0, 0.1) is 0 Å². The molecule has 0 bridgehead atoms. The van der Waals surface area contributed by atoms with E-state index < -0.39 is 23.3 Å². The number of benzene rings is 2. The molecule has 1 aliphatic rings. The molecule has 144 valence electrons. The molecule has 0 amide bonds. The van der Waals surface area contributed by atoms with E-state index in [0.29, 0.717) is 6.42 Å². The van der Waals surface area contributed by atoms with Gasteiger partial charge >= 0.3 is 5.97 Å². The van der Waals surface area contributed by atoms with Crippen molar-refractivity contribution in [1.29, 1.82) is 0 Å². The summed E-state index contributed by atoms with van der Waals surface area (Å²) in [6, 6.07) is 17.0. The number of rotatable bonds is 5. The predicted octanol–water partition coefficient (Wildman–Crippen LogP) is 3.67. The first-order chi connectivity index (χ1) is 12.8. The van der Waals surface area contributed by atoms with E-state index in [-0.39, 0.29) is 6.61 Å². The second-order valence-corrected chi connectivity index (χ2v) is 7.88. The van der Waals surface area contributed by atoms with E-state index in [1.807, 2.05) is 80.3 Å². The van der Waals surface area contributed by atoms with Crippen LogP contribution in [0.3, 0.4) is 0 Å². The van der Waals surface area contributed by atoms with E-state index >= 15 is 0 Å². The minimum absolute atomic E-state index is 0.144. The second-order valence-electron chi connectivity index (χ2n) is 7.88. The zero-order valence-corrected chi connectivity index (χ0v) is 16.3. The highest BCUT2D eigenvalue weighted by molar-refractivity contribution is 5.74. The summed E-state index contributed by atoms with van der Waals surface area (Å²) in [5.74, 6) is -0.114. The van der Waals surface area contributed by atoms with Crippen molar-refractivity contribution in [2.45, 2.75) is 44.5 Å². The van der Waals surface area contributed by atoms with Crippen LogP contribution in [-0.2, 0) is 21.7 Å². The van der Waals surface area contributed by atoms with Gasteiger partial charge in [-0.05, 0) is 44.0 Å². The normalized spacial score (nSPS) is 23.3. The van der Waals surface area contributed by atoms with Crippen LogP contribution < -0.4 is 4.74 Å². The second kappa shape index (κ2) is 7.33. The SMILES string of the molecule is COc1ccc(C2(Cc3ccccc3)OC[C@@H](C(=O)O)N2C(C)(C)C)cc1. The minimum Gasteiger partial charge on any atom is -0.497 e. The molecular weight excluding hydrogens is 342 g/mol. The average molecular weight is 369 g/mol. The number of aliphatic carboxylic acids is 1. The first kappa shape index (κ1) is 19.4. The summed E-state index contributed by atoms with van der Waals surface area (Å²) >= 11 is 0. The molecule has 1 saturated heterocycles. The molecule has 5 nitrogen and oxygen atoms in total. The third-order valence-corrected chi connectivity index (χ3v) is 5.02. The van der Waals surface area contributed by atoms with Gasteiger partial charge in [0, 0.05) is 12.0 Å². The number of ether oxygens (including phenoxy) is 2. The van der Waals surface area contributed by atoms with Gasteiger partial charge in [0.15, 0.2) is 5.72 Å². The molecule has 3 rings (SSSR count). The topological polar surface area (TPSA) is 59.0 Å². The number of methoxy groups -OCH3 is 1. The first-order valence-electron chi connectivity index (χ1n) is 9.12. The van der Waals surface area contributed by atoms with Gasteiger partial charge in [0.1, 0.15) is 11.8 Å². The van der Waals surface area contributed by atoms with Gasteiger partial charge in [0.2, 0.25) is 0 Å². The van der Waals surface area contributed by atoms with Gasteiger partial charge in [0.05, 0.1) is 13.7 Å². The Balaban J connectivity index is 2.15. The van der Waals surface area contributed by atoms with Gasteiger partial charge in [0.25, 0.3) is 0 Å². The van der Waals surface area contributed by atoms with Crippen LogP contribution in [0.25, 0.3) is 0 Å². The van der Waals surface area contributed by atoms with Crippen LogP contribution in [0.2, 0.25) is 0 Å². The van der Waals surface area contributed by atoms with E-state index in [4.69, 9.17) is 9.47 Å². The Kier molecular flexibility index (Phi) is 5.27. The van der Waals surface area contributed by atoms with Gasteiger partial charge in [-0.3, -0.25) is 9.69 Å². The van der Waals surface area contributed by atoms with E-state index in [1.54, 1.807) is 7.11 Å². The lowest BCUT2D eigenvalue weighted by Crippen LogP contribution is -2.58. The fraction of sp³-hybridized carbons (Fsp3) is 0.409. The standard InChI is InChI=1S/C22H27NO4/c1-21(2,3)23-19(20(24)25)15-27-22(23,14-16-8-6-5-7-9-16)17-10-12-18(26-4)13-11-17/h5-13,19H,14-15H2,1-4H3,(H,24,25)/t19-,22?/m0/s1. The molecule has 2 aromatic carbocycles. The Labute approximate surface area is 160 Å². The molecule has 1 unspecified atom stereocenters. The van der Waals surface area contributed by atoms with Gasteiger partial charge < -0.3 is 14.6 Å². The molecule has 27 heavy (non-hydrogen) atoms. The molecule has 2 aromatic rings. The average Bonchev–Trinajstić information content (AvgIpc) is 3.03. The summed E-state index contributed by atoms with van der Waals surface area (Å²) < 4.78 is 11.6. The maximum atomic E-state index is 12.0. The molecule has 1 aliphatic heterocycles. The molecule has 0 aliphatic carbocycles. The first-order valence-corrected chi connectivity index (χ1v) is 9.12. The molecule has 0 aromatic heterocycles. The fourth-order valence-electron chi connectivity index (χ4n) is 3.99. The van der Waals surface area contributed by atoms with Crippen molar-refractivity contribution in [3.8, 4) is 5.75 Å². The molecule has 2 atom stereocenters. The summed E-state index contributed by atoms with van der Waals surface area (Å²) in [5.41, 5.74) is 0.739. The van der Waals surface area contributed by atoms with Crippen LogP contribution in [-0.4, -0.2) is 41.3 Å². The maximum Gasteiger partial charge on any atom is 0.323 e. The lowest BCUT2D eigenvalue weighted by atomic mass is 9.88. The molecular formula is C22H27NO4. The molecule has 1 fully saturated rings. The van der Waals surface area contributed by atoms with Crippen LogP contribution in [0.5, 0.6) is 5.75 Å². The van der Waals surface area contributed by atoms with E-state index in [2.05, 4.69) is 0 Å². The van der Waals surface area contributed by atoms with E-state index in [9.17, 15) is 9.90 Å². The number of carboxylic acid groups (broad SMARTS) is 1. The van der Waals surface area contributed by atoms with Crippen molar-refractivity contribution in [2.75, 3.05) is 13.7 Å². The predicted molar refractivity (Wildman–Crippen MR) is 104 cm³/mol. The number of carbonyl (C=O) groups is 1. The zero-order valence-electron chi connectivity index (χ0n) is 16.3. The third kappa shape index (κ3) is 3.70. The van der Waals surface area contributed by atoms with Crippen molar-refractivity contribution in [3.63, 3.8) is 0 Å². The number of hydrogen-bond acceptors (Lipinski definition) is 4. The van der Waals surface area contributed by atoms with Gasteiger partial charge in [-0.15, -0.1) is 0 Å². The highest BCUT2D eigenvalue weighted by Crippen LogP contribution is 2.45. The van der Waals surface area contributed by atoms with Crippen LogP contribution in [0.15, 0.2) is 54.6 Å². The minimum atomic E-state index is -0.867. The number of carboxylic acids is 1. The summed E-state index contributed by atoms with van der Waals surface area (Å²) in [5, 5.41) is 9.83. The van der Waals surface area contributed by atoms with Crippen LogP contribution >= 0.6 is 0 Å². The van der Waals surface area contributed by atoms with E-state index in [1.165, 1.54) is 0 Å². The fourth-order valence-corrected chi connectivity index (χ4v) is 3.99. The Bertz CT molecular complexity index is 782. The lowest BCUT2D eigenvalue weighted by molar-refractivity contribution is -0.153. The summed E-state index contributed by atoms with van der Waals surface area (Å²) in [7, 11) is 1.63. The third-order valence-electron chi connectivity index (χ3n) is 5.02. The van der Waals surface area contributed by atoms with Gasteiger partial charge in [-0.1, -0.05) is 42.5 Å². The highest BCUT2D eigenvalue weighted by atomic mass is 16.5. The van der Waals surface area contributed by atoms with Crippen molar-refractivity contribution < 1.29 is 19.4 Å². The largest absolute Gasteiger partial charge is 0.497 e. The molecule has 1 N–H and O–H groups in total. The summed E-state index contributed by atoms with van der Waals surface area (Å²) in [6.07, 6.45) is 0.557. The Hall–Kier alpha value is -2.37. The van der Waals surface area contributed by atoms with Crippen molar-refractivity contribution >= 4 is 5.97 Å². The van der Waals surface area contributed by atoms with Crippen molar-refractivity contribution in [1.82, 2.24) is 4.90 Å². The highest BCUT2D eigenvalue weighted by Gasteiger charge is 2.55. The monoisotopic (exact) mass is 369 g/mol. The van der Waals surface area contributed by atoms with Gasteiger partial charge in [-0.2, -0.15) is 0 Å². The Morgan fingerprint density at radius 3 is 2.33 bits per heavy atom. The zero-order chi connectivity index (χ0) is 19.7. The van der Waals surface area contributed by atoms with Gasteiger partial charge in [-0.25, -0.2) is 0 Å². The maximum absolute atomic E-state index is 12.0. The van der Waals surface area contributed by atoms with E-state index in [0.717, 1.165) is 16.9 Å². The Morgan fingerprint density at radius 1 is 1.19 bits per heavy atom. The smallest absolute Gasteiger partial charge is 0.323 e. The number of hydrogen-bond donors (Lipinski definition) is 1. The molecule has 1 heterocycles.